The molecule has 1 unspecified atom stereocenters. The first-order chi connectivity index (χ1) is 15.6. The Bertz CT molecular complexity index is 955. The van der Waals surface area contributed by atoms with E-state index in [0.717, 1.165) is 55.4 Å². The van der Waals surface area contributed by atoms with Crippen molar-refractivity contribution in [3.05, 3.63) is 52.2 Å². The number of halogens is 1. The maximum Gasteiger partial charge on any atom is 0.514 e. The highest BCUT2D eigenvalue weighted by molar-refractivity contribution is 7.14. The van der Waals surface area contributed by atoms with Crippen molar-refractivity contribution in [3.63, 3.8) is 0 Å². The minimum Gasteiger partial charge on any atom is -0.434 e. The second kappa shape index (κ2) is 10.6. The van der Waals surface area contributed by atoms with Gasteiger partial charge in [0.2, 0.25) is 0 Å². The van der Waals surface area contributed by atoms with Crippen LogP contribution in [0.2, 0.25) is 0 Å². The Morgan fingerprint density at radius 1 is 1.22 bits per heavy atom. The number of unbranched alkanes of at least 4 members (excludes halogenated alkanes) is 3. The molecule has 2 aliphatic rings. The number of benzene rings is 1. The molecule has 5 nitrogen and oxygen atoms in total. The molecule has 1 aromatic carbocycles. The minimum absolute atomic E-state index is 0.0365. The number of rotatable bonds is 10. The maximum atomic E-state index is 14.6. The van der Waals surface area contributed by atoms with Crippen LogP contribution >= 0.6 is 11.3 Å². The van der Waals surface area contributed by atoms with E-state index in [1.165, 1.54) is 17.4 Å². The predicted molar refractivity (Wildman–Crippen MR) is 121 cm³/mol. The van der Waals surface area contributed by atoms with Gasteiger partial charge in [0.25, 0.3) is 0 Å². The number of carbonyl (C=O) groups is 2. The molecule has 1 aliphatic carbocycles. The minimum atomic E-state index is -0.676. The summed E-state index contributed by atoms with van der Waals surface area (Å²) in [6.07, 6.45) is 5.97. The highest BCUT2D eigenvalue weighted by Gasteiger charge is 2.40. The van der Waals surface area contributed by atoms with Gasteiger partial charge in [0, 0.05) is 29.4 Å². The molecular weight excluding hydrogens is 429 g/mol. The predicted octanol–water partition coefficient (Wildman–Crippen LogP) is 6.06. The molecule has 0 radical (unpaired) electrons. The van der Waals surface area contributed by atoms with Crippen LogP contribution in [0.4, 0.5) is 9.18 Å². The summed E-state index contributed by atoms with van der Waals surface area (Å²) in [6.45, 7) is 3.69. The third-order valence-corrected chi connectivity index (χ3v) is 7.20. The van der Waals surface area contributed by atoms with Crippen molar-refractivity contribution in [3.8, 4) is 5.06 Å². The number of nitrogens with zero attached hydrogens (tertiary/aromatic N) is 1. The first-order valence-corrected chi connectivity index (χ1v) is 12.4. The van der Waals surface area contributed by atoms with E-state index in [1.54, 1.807) is 18.2 Å². The van der Waals surface area contributed by atoms with E-state index < -0.39 is 12.2 Å². The SMILES string of the molecule is CCCCCCOC(=O)Oc1cc2c(s1)CCN(C(C(=O)C1CC1)c1ccccc1F)C2. The van der Waals surface area contributed by atoms with E-state index in [-0.39, 0.29) is 17.5 Å². The van der Waals surface area contributed by atoms with Crippen LogP contribution in [-0.4, -0.2) is 30.0 Å². The van der Waals surface area contributed by atoms with Gasteiger partial charge in [-0.15, -0.1) is 11.3 Å². The Morgan fingerprint density at radius 2 is 2.03 bits per heavy atom. The molecule has 7 heteroatoms. The molecule has 1 atom stereocenters. The van der Waals surface area contributed by atoms with E-state index in [4.69, 9.17) is 9.47 Å². The second-order valence-corrected chi connectivity index (χ2v) is 9.70. The molecule has 0 spiro atoms. The van der Waals surface area contributed by atoms with Gasteiger partial charge < -0.3 is 9.47 Å². The van der Waals surface area contributed by atoms with Gasteiger partial charge in [0.1, 0.15) is 5.82 Å². The first-order valence-electron chi connectivity index (χ1n) is 11.5. The Morgan fingerprint density at radius 3 is 2.78 bits per heavy atom. The van der Waals surface area contributed by atoms with Gasteiger partial charge in [-0.2, -0.15) is 0 Å². The average Bonchev–Trinajstić information content (AvgIpc) is 3.55. The molecule has 0 N–H and O–H groups in total. The molecule has 0 amide bonds. The molecule has 2 aromatic rings. The molecule has 4 rings (SSSR count). The molecule has 172 valence electrons. The molecule has 1 aliphatic heterocycles. The van der Waals surface area contributed by atoms with Crippen molar-refractivity contribution in [2.24, 2.45) is 5.92 Å². The highest BCUT2D eigenvalue weighted by atomic mass is 32.1. The van der Waals surface area contributed by atoms with E-state index in [1.807, 2.05) is 6.07 Å². The van der Waals surface area contributed by atoms with Crippen LogP contribution in [0.1, 0.15) is 67.5 Å². The Balaban J connectivity index is 1.41. The van der Waals surface area contributed by atoms with E-state index in [2.05, 4.69) is 11.8 Å². The van der Waals surface area contributed by atoms with E-state index in [0.29, 0.717) is 30.3 Å². The van der Waals surface area contributed by atoms with Gasteiger partial charge in [-0.1, -0.05) is 44.4 Å². The third kappa shape index (κ3) is 5.56. The topological polar surface area (TPSA) is 55.8 Å². The van der Waals surface area contributed by atoms with Gasteiger partial charge in [-0.05, 0) is 43.4 Å². The van der Waals surface area contributed by atoms with Crippen LogP contribution in [0.15, 0.2) is 30.3 Å². The second-order valence-electron chi connectivity index (χ2n) is 8.60. The van der Waals surface area contributed by atoms with Crippen molar-refractivity contribution in [2.45, 2.75) is 64.5 Å². The lowest BCUT2D eigenvalue weighted by Crippen LogP contribution is -2.38. The van der Waals surface area contributed by atoms with Crippen LogP contribution in [-0.2, 0) is 22.5 Å². The standard InChI is InChI=1S/C25H30FNO4S/c1-2-3-4-7-14-30-25(29)31-22-15-18-16-27(13-12-21(18)32-22)23(24(28)17-10-11-17)19-8-5-6-9-20(19)26/h5-6,8-9,15,17,23H,2-4,7,10-14,16H2,1H3. The molecule has 1 aromatic heterocycles. The number of hydrogen-bond donors (Lipinski definition) is 0. The quantitative estimate of drug-likeness (QED) is 0.319. The van der Waals surface area contributed by atoms with Crippen LogP contribution < -0.4 is 4.74 Å². The normalized spacial score (nSPS) is 16.9. The van der Waals surface area contributed by atoms with E-state index in [9.17, 15) is 14.0 Å². The van der Waals surface area contributed by atoms with E-state index >= 15 is 0 Å². The number of fused-ring (bicyclic) bond motifs is 1. The Labute approximate surface area is 192 Å². The zero-order chi connectivity index (χ0) is 22.5. The van der Waals surface area contributed by atoms with Crippen LogP contribution in [0.5, 0.6) is 5.06 Å². The zero-order valence-electron chi connectivity index (χ0n) is 18.5. The fraction of sp³-hybridized carbons (Fsp3) is 0.520. The number of ether oxygens (including phenoxy) is 2. The summed E-state index contributed by atoms with van der Waals surface area (Å²) in [4.78, 5) is 28.3. The molecule has 2 heterocycles. The monoisotopic (exact) mass is 459 g/mol. The number of Topliss-reactive ketones (excluding diaryl/α,β-unsaturated/α-hetero) is 1. The zero-order valence-corrected chi connectivity index (χ0v) is 19.3. The average molecular weight is 460 g/mol. The summed E-state index contributed by atoms with van der Waals surface area (Å²) >= 11 is 1.44. The summed E-state index contributed by atoms with van der Waals surface area (Å²) in [5.41, 5.74) is 1.48. The van der Waals surface area contributed by atoms with Gasteiger partial charge >= 0.3 is 6.16 Å². The van der Waals surface area contributed by atoms with Crippen molar-refractivity contribution in [1.29, 1.82) is 0 Å². The Hall–Kier alpha value is -2.25. The lowest BCUT2D eigenvalue weighted by Gasteiger charge is -2.34. The molecule has 32 heavy (non-hydrogen) atoms. The van der Waals surface area contributed by atoms with Crippen LogP contribution in [0.3, 0.4) is 0 Å². The lowest BCUT2D eigenvalue weighted by atomic mass is 9.95. The molecule has 0 bridgehead atoms. The van der Waals surface area contributed by atoms with Crippen molar-refractivity contribution >= 4 is 23.3 Å². The van der Waals surface area contributed by atoms with Gasteiger partial charge in [0.05, 0.1) is 12.6 Å². The fourth-order valence-electron chi connectivity index (χ4n) is 4.21. The number of hydrogen-bond acceptors (Lipinski definition) is 6. The molecule has 1 saturated carbocycles. The van der Waals surface area contributed by atoms with Crippen LogP contribution in [0, 0.1) is 11.7 Å². The van der Waals surface area contributed by atoms with Crippen molar-refractivity contribution in [2.75, 3.05) is 13.2 Å². The maximum absolute atomic E-state index is 14.6. The summed E-state index contributed by atoms with van der Waals surface area (Å²) in [5, 5.41) is 0.506. The smallest absolute Gasteiger partial charge is 0.434 e. The van der Waals surface area contributed by atoms with Crippen molar-refractivity contribution < 1.29 is 23.5 Å². The summed E-state index contributed by atoms with van der Waals surface area (Å²) in [5.74, 6) is -0.195. The number of thiophene rings is 1. The molecular formula is C25H30FNO4S. The summed E-state index contributed by atoms with van der Waals surface area (Å²) < 4.78 is 25.2. The Kier molecular flexibility index (Phi) is 7.58. The van der Waals surface area contributed by atoms with Gasteiger partial charge in [0.15, 0.2) is 10.8 Å². The fourth-order valence-corrected chi connectivity index (χ4v) is 5.21. The first kappa shape index (κ1) is 22.9. The van der Waals surface area contributed by atoms with Gasteiger partial charge in [-0.3, -0.25) is 9.69 Å². The molecule has 0 saturated heterocycles. The molecule has 1 fully saturated rings. The van der Waals surface area contributed by atoms with Crippen LogP contribution in [0.25, 0.3) is 0 Å². The lowest BCUT2D eigenvalue weighted by molar-refractivity contribution is -0.126. The number of ketones is 1. The number of carbonyl (C=O) groups excluding carboxylic acids is 2. The highest BCUT2D eigenvalue weighted by Crippen LogP contribution is 2.41. The summed E-state index contributed by atoms with van der Waals surface area (Å²) in [7, 11) is 0. The summed E-state index contributed by atoms with van der Waals surface area (Å²) in [6, 6.07) is 7.85. The largest absolute Gasteiger partial charge is 0.514 e. The van der Waals surface area contributed by atoms with Gasteiger partial charge in [-0.25, -0.2) is 9.18 Å². The van der Waals surface area contributed by atoms with Crippen molar-refractivity contribution in [1.82, 2.24) is 4.90 Å². The third-order valence-electron chi connectivity index (χ3n) is 6.09.